The lowest BCUT2D eigenvalue weighted by Gasteiger charge is -2.42. The number of nitro groups is 1. The van der Waals surface area contributed by atoms with Gasteiger partial charge >= 0.3 is 11.2 Å². The number of aromatic nitrogens is 2. The molecule has 2 aromatic heterocycles. The molecule has 0 N–H and O–H groups in total. The topological polar surface area (TPSA) is 99.6 Å². The van der Waals surface area contributed by atoms with Crippen molar-refractivity contribution in [1.82, 2.24) is 14.0 Å². The smallest absolute Gasteiger partial charge is 0.334 e. The molecule has 31 heavy (non-hydrogen) atoms. The van der Waals surface area contributed by atoms with Gasteiger partial charge in [-0.05, 0) is 42.7 Å². The van der Waals surface area contributed by atoms with E-state index in [4.69, 9.17) is 4.74 Å². The highest BCUT2D eigenvalue weighted by Gasteiger charge is 2.37. The third-order valence-electron chi connectivity index (χ3n) is 6.42. The number of carbonyl (C=O) groups excluding carboxylic acids is 1. The van der Waals surface area contributed by atoms with Gasteiger partial charge in [-0.1, -0.05) is 0 Å². The maximum Gasteiger partial charge on any atom is 0.334 e. The molecule has 0 saturated carbocycles. The molecule has 3 aromatic rings. The molecule has 2 bridgehead atoms. The van der Waals surface area contributed by atoms with E-state index >= 15 is 0 Å². The standard InChI is InChI=1S/C22H22N4O5/c1-31-17-2-3-18-15(9-17)6-7-23(18)13-21(27)24-10-14-8-16(12-24)19-4-5-20(26(29)30)22(28)25(19)11-14/h2-7,9,14,16H,8,10-13H2,1H3/t14-,16+/m0/s1. The summed E-state index contributed by atoms with van der Waals surface area (Å²) < 4.78 is 8.73. The fourth-order valence-corrected chi connectivity index (χ4v) is 4.97. The number of rotatable bonds is 4. The Balaban J connectivity index is 1.37. The van der Waals surface area contributed by atoms with Crippen molar-refractivity contribution in [1.29, 1.82) is 0 Å². The number of methoxy groups -OCH3 is 1. The van der Waals surface area contributed by atoms with Crippen LogP contribution in [0.15, 0.2) is 47.4 Å². The molecule has 0 unspecified atom stereocenters. The van der Waals surface area contributed by atoms with Crippen LogP contribution in [0.5, 0.6) is 5.75 Å². The first-order chi connectivity index (χ1) is 14.9. The molecule has 9 nitrogen and oxygen atoms in total. The number of carbonyl (C=O) groups is 1. The van der Waals surface area contributed by atoms with E-state index in [1.54, 1.807) is 13.2 Å². The van der Waals surface area contributed by atoms with Crippen LogP contribution in [0.4, 0.5) is 5.69 Å². The molecule has 1 fully saturated rings. The fourth-order valence-electron chi connectivity index (χ4n) is 4.97. The normalized spacial score (nSPS) is 19.8. The summed E-state index contributed by atoms with van der Waals surface area (Å²) >= 11 is 0. The van der Waals surface area contributed by atoms with Gasteiger partial charge in [0.25, 0.3) is 0 Å². The van der Waals surface area contributed by atoms with E-state index in [0.717, 1.165) is 28.8 Å². The predicted octanol–water partition coefficient (Wildman–Crippen LogP) is 2.37. The molecule has 0 radical (unpaired) electrons. The number of nitrogens with zero attached hydrogens (tertiary/aromatic N) is 4. The molecular formula is C22H22N4O5. The lowest BCUT2D eigenvalue weighted by molar-refractivity contribution is -0.386. The number of amides is 1. The van der Waals surface area contributed by atoms with Crippen molar-refractivity contribution in [3.05, 3.63) is 68.8 Å². The molecule has 5 rings (SSSR count). The van der Waals surface area contributed by atoms with Gasteiger partial charge in [0.15, 0.2) is 0 Å². The maximum absolute atomic E-state index is 13.1. The van der Waals surface area contributed by atoms with Gasteiger partial charge < -0.3 is 18.8 Å². The van der Waals surface area contributed by atoms with Crippen LogP contribution in [0, 0.1) is 16.0 Å². The highest BCUT2D eigenvalue weighted by atomic mass is 16.6. The zero-order valence-corrected chi connectivity index (χ0v) is 17.1. The van der Waals surface area contributed by atoms with E-state index in [1.807, 2.05) is 39.9 Å². The SMILES string of the molecule is COc1ccc2c(ccn2CC(=O)N2C[C@@H]3C[C@H](C2)c2ccc([N+](=O)[O-])c(=O)n2C3)c1. The Hall–Kier alpha value is -3.62. The average molecular weight is 422 g/mol. The Bertz CT molecular complexity index is 1260. The summed E-state index contributed by atoms with van der Waals surface area (Å²) in [5.74, 6) is 0.923. The number of benzene rings is 1. The maximum atomic E-state index is 13.1. The van der Waals surface area contributed by atoms with Crippen LogP contribution in [-0.4, -0.2) is 45.1 Å². The first kappa shape index (κ1) is 19.3. The van der Waals surface area contributed by atoms with E-state index < -0.39 is 16.2 Å². The van der Waals surface area contributed by atoms with Crippen LogP contribution < -0.4 is 10.3 Å². The summed E-state index contributed by atoms with van der Waals surface area (Å²) in [7, 11) is 1.62. The third-order valence-corrected chi connectivity index (χ3v) is 6.42. The molecule has 1 saturated heterocycles. The van der Waals surface area contributed by atoms with Crippen LogP contribution in [0.2, 0.25) is 0 Å². The first-order valence-electron chi connectivity index (χ1n) is 10.2. The van der Waals surface area contributed by atoms with E-state index in [0.29, 0.717) is 19.6 Å². The van der Waals surface area contributed by atoms with Crippen molar-refractivity contribution >= 4 is 22.5 Å². The minimum absolute atomic E-state index is 0.00983. The van der Waals surface area contributed by atoms with Gasteiger partial charge in [-0.3, -0.25) is 19.7 Å². The molecule has 0 aliphatic carbocycles. The Kier molecular flexibility index (Phi) is 4.53. The molecular weight excluding hydrogens is 400 g/mol. The Morgan fingerprint density at radius 1 is 1.19 bits per heavy atom. The largest absolute Gasteiger partial charge is 0.497 e. The van der Waals surface area contributed by atoms with Crippen molar-refractivity contribution in [3.63, 3.8) is 0 Å². The minimum atomic E-state index is -0.632. The summed E-state index contributed by atoms with van der Waals surface area (Å²) in [6, 6.07) is 10.7. The highest BCUT2D eigenvalue weighted by molar-refractivity contribution is 5.84. The van der Waals surface area contributed by atoms with Gasteiger partial charge in [-0.2, -0.15) is 0 Å². The Morgan fingerprint density at radius 3 is 2.81 bits per heavy atom. The monoisotopic (exact) mass is 422 g/mol. The van der Waals surface area contributed by atoms with Gasteiger partial charge in [0.1, 0.15) is 12.3 Å². The van der Waals surface area contributed by atoms with Crippen molar-refractivity contribution < 1.29 is 14.5 Å². The number of piperidine rings is 1. The number of likely N-dealkylation sites (tertiary alicyclic amines) is 1. The molecule has 2 aliphatic heterocycles. The van der Waals surface area contributed by atoms with E-state index in [2.05, 4.69) is 0 Å². The van der Waals surface area contributed by atoms with Gasteiger partial charge in [0.2, 0.25) is 5.91 Å². The average Bonchev–Trinajstić information content (AvgIpc) is 3.15. The second-order valence-electron chi connectivity index (χ2n) is 8.28. The second-order valence-corrected chi connectivity index (χ2v) is 8.28. The number of hydrogen-bond donors (Lipinski definition) is 0. The van der Waals surface area contributed by atoms with Crippen molar-refractivity contribution in [2.45, 2.75) is 25.4 Å². The minimum Gasteiger partial charge on any atom is -0.497 e. The van der Waals surface area contributed by atoms with Crippen molar-refractivity contribution in [2.75, 3.05) is 20.2 Å². The van der Waals surface area contributed by atoms with Gasteiger partial charge in [-0.25, -0.2) is 0 Å². The van der Waals surface area contributed by atoms with Gasteiger partial charge in [-0.15, -0.1) is 0 Å². The Labute approximate surface area is 177 Å². The fraction of sp³-hybridized carbons (Fsp3) is 0.364. The van der Waals surface area contributed by atoms with E-state index in [9.17, 15) is 19.7 Å². The summed E-state index contributed by atoms with van der Waals surface area (Å²) in [6.07, 6.45) is 2.79. The predicted molar refractivity (Wildman–Crippen MR) is 113 cm³/mol. The van der Waals surface area contributed by atoms with Crippen LogP contribution >= 0.6 is 0 Å². The molecule has 0 spiro atoms. The summed E-state index contributed by atoms with van der Waals surface area (Å²) in [4.78, 5) is 38.0. The van der Waals surface area contributed by atoms with Crippen LogP contribution in [0.1, 0.15) is 18.0 Å². The number of pyridine rings is 1. The van der Waals surface area contributed by atoms with Crippen molar-refractivity contribution in [2.24, 2.45) is 5.92 Å². The van der Waals surface area contributed by atoms with E-state index in [-0.39, 0.29) is 24.3 Å². The Morgan fingerprint density at radius 2 is 2.03 bits per heavy atom. The molecule has 4 heterocycles. The quantitative estimate of drug-likeness (QED) is 0.475. The molecule has 160 valence electrons. The third kappa shape index (κ3) is 3.26. The summed E-state index contributed by atoms with van der Waals surface area (Å²) in [5.41, 5.74) is 0.803. The highest BCUT2D eigenvalue weighted by Crippen LogP contribution is 2.35. The van der Waals surface area contributed by atoms with Crippen LogP contribution in [-0.2, 0) is 17.9 Å². The molecule has 9 heteroatoms. The van der Waals surface area contributed by atoms with Crippen molar-refractivity contribution in [3.8, 4) is 5.75 Å². The summed E-state index contributed by atoms with van der Waals surface area (Å²) in [5, 5.41) is 12.1. The zero-order chi connectivity index (χ0) is 21.7. The number of fused-ring (bicyclic) bond motifs is 5. The molecule has 1 aromatic carbocycles. The molecule has 2 atom stereocenters. The lowest BCUT2D eigenvalue weighted by atomic mass is 9.83. The number of ether oxygens (including phenoxy) is 1. The lowest BCUT2D eigenvalue weighted by Crippen LogP contribution is -2.50. The van der Waals surface area contributed by atoms with Gasteiger partial charge in [0, 0.05) is 54.4 Å². The second kappa shape index (κ2) is 7.26. The molecule has 1 amide bonds. The van der Waals surface area contributed by atoms with Crippen LogP contribution in [0.3, 0.4) is 0 Å². The summed E-state index contributed by atoms with van der Waals surface area (Å²) in [6.45, 7) is 1.71. The van der Waals surface area contributed by atoms with E-state index in [1.165, 1.54) is 10.6 Å². The first-order valence-corrected chi connectivity index (χ1v) is 10.2. The van der Waals surface area contributed by atoms with Gasteiger partial charge in [0.05, 0.1) is 12.0 Å². The molecule has 2 aliphatic rings. The van der Waals surface area contributed by atoms with Crippen LogP contribution in [0.25, 0.3) is 10.9 Å². The zero-order valence-electron chi connectivity index (χ0n) is 17.1. The number of hydrogen-bond acceptors (Lipinski definition) is 5.